The summed E-state index contributed by atoms with van der Waals surface area (Å²) in [6, 6.07) is 6.93. The molecule has 0 amide bonds. The van der Waals surface area contributed by atoms with Gasteiger partial charge in [0, 0.05) is 12.1 Å². The molecule has 1 atom stereocenters. The van der Waals surface area contributed by atoms with E-state index in [-0.39, 0.29) is 0 Å². The lowest BCUT2D eigenvalue weighted by atomic mass is 10.2. The molecule has 0 radical (unpaired) electrons. The van der Waals surface area contributed by atoms with Gasteiger partial charge < -0.3 is 13.8 Å². The highest BCUT2D eigenvalue weighted by atomic mass is 35.5. The van der Waals surface area contributed by atoms with Crippen molar-refractivity contribution in [2.45, 2.75) is 19.7 Å². The second-order valence-electron chi connectivity index (χ2n) is 3.51. The smallest absolute Gasteiger partial charge is 0.363 e. The first-order chi connectivity index (χ1) is 8.57. The zero-order valence-electron chi connectivity index (χ0n) is 10.8. The highest BCUT2D eigenvalue weighted by molar-refractivity contribution is 7.54. The van der Waals surface area contributed by atoms with E-state index in [1.807, 2.05) is 0 Å². The van der Waals surface area contributed by atoms with Crippen LogP contribution in [0.15, 0.2) is 24.3 Å². The molecule has 1 rings (SSSR count). The van der Waals surface area contributed by atoms with E-state index in [4.69, 9.17) is 25.4 Å². The van der Waals surface area contributed by atoms with Crippen molar-refractivity contribution < 1.29 is 18.3 Å². The second kappa shape index (κ2) is 7.27. The van der Waals surface area contributed by atoms with E-state index in [1.54, 1.807) is 38.1 Å². The Labute approximate surface area is 113 Å². The van der Waals surface area contributed by atoms with Crippen molar-refractivity contribution in [3.8, 4) is 0 Å². The number of ether oxygens (including phenoxy) is 1. The van der Waals surface area contributed by atoms with Crippen molar-refractivity contribution in [3.63, 3.8) is 0 Å². The fraction of sp³-hybridized carbons (Fsp3) is 0.500. The number of halogens is 1. The van der Waals surface area contributed by atoms with Gasteiger partial charge in [0.1, 0.15) is 0 Å². The molecule has 0 aliphatic rings. The monoisotopic (exact) mass is 292 g/mol. The van der Waals surface area contributed by atoms with Gasteiger partial charge in [-0.25, -0.2) is 0 Å². The summed E-state index contributed by atoms with van der Waals surface area (Å²) in [7, 11) is -1.86. The minimum atomic E-state index is -3.33. The van der Waals surface area contributed by atoms with Crippen LogP contribution in [-0.4, -0.2) is 20.3 Å². The van der Waals surface area contributed by atoms with Gasteiger partial charge in [-0.3, -0.25) is 4.57 Å². The van der Waals surface area contributed by atoms with Crippen LogP contribution in [0.25, 0.3) is 0 Å². The maximum atomic E-state index is 12.6. The highest BCUT2D eigenvalue weighted by Crippen LogP contribution is 2.61. The van der Waals surface area contributed by atoms with Gasteiger partial charge in [0.05, 0.1) is 13.2 Å². The largest absolute Gasteiger partial charge is 0.364 e. The summed E-state index contributed by atoms with van der Waals surface area (Å²) < 4.78 is 28.5. The van der Waals surface area contributed by atoms with Crippen molar-refractivity contribution >= 4 is 19.2 Å². The normalized spacial score (nSPS) is 13.6. The second-order valence-corrected chi connectivity index (χ2v) is 6.02. The fourth-order valence-corrected chi connectivity index (χ4v) is 3.59. The maximum absolute atomic E-state index is 12.6. The van der Waals surface area contributed by atoms with Gasteiger partial charge in [0.2, 0.25) is 0 Å². The van der Waals surface area contributed by atoms with Crippen molar-refractivity contribution in [2.24, 2.45) is 0 Å². The molecule has 0 heterocycles. The first-order valence-electron chi connectivity index (χ1n) is 5.74. The molecule has 0 bridgehead atoms. The zero-order valence-corrected chi connectivity index (χ0v) is 12.4. The molecular formula is C12H18ClO4P. The molecule has 0 saturated heterocycles. The Morgan fingerprint density at radius 3 is 2.06 bits per heavy atom. The van der Waals surface area contributed by atoms with Gasteiger partial charge in [0.15, 0.2) is 5.85 Å². The van der Waals surface area contributed by atoms with Gasteiger partial charge in [-0.05, 0) is 31.5 Å². The molecular weight excluding hydrogens is 275 g/mol. The van der Waals surface area contributed by atoms with Gasteiger partial charge in [-0.15, -0.1) is 0 Å². The topological polar surface area (TPSA) is 44.8 Å². The van der Waals surface area contributed by atoms with Crippen molar-refractivity contribution in [1.82, 2.24) is 0 Å². The van der Waals surface area contributed by atoms with Crippen molar-refractivity contribution in [2.75, 3.05) is 20.3 Å². The van der Waals surface area contributed by atoms with Crippen LogP contribution >= 0.6 is 19.2 Å². The minimum absolute atomic E-state index is 0.296. The van der Waals surface area contributed by atoms with E-state index in [2.05, 4.69) is 0 Å². The predicted octanol–water partition coefficient (Wildman–Crippen LogP) is 4.25. The Balaban J connectivity index is 3.05. The molecule has 18 heavy (non-hydrogen) atoms. The Morgan fingerprint density at radius 1 is 1.17 bits per heavy atom. The van der Waals surface area contributed by atoms with E-state index >= 15 is 0 Å². The Morgan fingerprint density at radius 2 is 1.67 bits per heavy atom. The van der Waals surface area contributed by atoms with Crippen LogP contribution in [0.4, 0.5) is 0 Å². The quantitative estimate of drug-likeness (QED) is 0.705. The average Bonchev–Trinajstić information content (AvgIpc) is 2.33. The molecule has 0 aliphatic heterocycles. The van der Waals surface area contributed by atoms with Crippen LogP contribution in [-0.2, 0) is 18.3 Å². The SMILES string of the molecule is CCOP(=O)(OCC)C(OC)c1ccc(Cl)cc1. The standard InChI is InChI=1S/C12H18ClO4P/c1-4-16-18(14,17-5-2)12(15-3)10-6-8-11(13)9-7-10/h6-9,12H,4-5H2,1-3H3. The van der Waals surface area contributed by atoms with E-state index in [1.165, 1.54) is 7.11 Å². The summed E-state index contributed by atoms with van der Waals surface area (Å²) in [6.45, 7) is 4.12. The van der Waals surface area contributed by atoms with Crippen molar-refractivity contribution in [1.29, 1.82) is 0 Å². The molecule has 4 nitrogen and oxygen atoms in total. The molecule has 0 aromatic heterocycles. The molecule has 1 unspecified atom stereocenters. The first-order valence-corrected chi connectivity index (χ1v) is 7.73. The van der Waals surface area contributed by atoms with Crippen LogP contribution in [0, 0.1) is 0 Å². The maximum Gasteiger partial charge on any atom is 0.363 e. The third kappa shape index (κ3) is 3.81. The van der Waals surface area contributed by atoms with Crippen LogP contribution in [0.5, 0.6) is 0 Å². The number of hydrogen-bond donors (Lipinski definition) is 0. The molecule has 6 heteroatoms. The number of hydrogen-bond acceptors (Lipinski definition) is 4. The zero-order chi connectivity index (χ0) is 13.6. The third-order valence-electron chi connectivity index (χ3n) is 2.28. The van der Waals surface area contributed by atoms with Gasteiger partial charge in [0.25, 0.3) is 0 Å². The third-order valence-corrected chi connectivity index (χ3v) is 4.86. The summed E-state index contributed by atoms with van der Waals surface area (Å²) in [5, 5.41) is 0.608. The van der Waals surface area contributed by atoms with E-state index in [0.29, 0.717) is 23.8 Å². The number of methoxy groups -OCH3 is 1. The summed E-state index contributed by atoms with van der Waals surface area (Å²) in [4.78, 5) is 0. The van der Waals surface area contributed by atoms with Crippen molar-refractivity contribution in [3.05, 3.63) is 34.9 Å². The minimum Gasteiger partial charge on any atom is -0.364 e. The summed E-state index contributed by atoms with van der Waals surface area (Å²) in [5.41, 5.74) is 0.715. The molecule has 0 N–H and O–H groups in total. The predicted molar refractivity (Wildman–Crippen MR) is 72.1 cm³/mol. The Kier molecular flexibility index (Phi) is 6.33. The summed E-state index contributed by atoms with van der Waals surface area (Å²) >= 11 is 5.82. The number of rotatable bonds is 7. The van der Waals surface area contributed by atoms with E-state index < -0.39 is 13.4 Å². The lowest BCUT2D eigenvalue weighted by molar-refractivity contribution is 0.109. The summed E-state index contributed by atoms with van der Waals surface area (Å²) in [5.74, 6) is -0.741. The molecule has 0 fully saturated rings. The van der Waals surface area contributed by atoms with Gasteiger partial charge >= 0.3 is 7.60 Å². The lowest BCUT2D eigenvalue weighted by Gasteiger charge is -2.25. The van der Waals surface area contributed by atoms with Gasteiger partial charge in [-0.1, -0.05) is 23.7 Å². The Bertz CT molecular complexity index is 397. The molecule has 1 aromatic rings. The van der Waals surface area contributed by atoms with E-state index in [0.717, 1.165) is 0 Å². The lowest BCUT2D eigenvalue weighted by Crippen LogP contribution is -2.08. The van der Waals surface area contributed by atoms with Gasteiger partial charge in [-0.2, -0.15) is 0 Å². The molecule has 0 spiro atoms. The van der Waals surface area contributed by atoms with E-state index in [9.17, 15) is 4.57 Å². The summed E-state index contributed by atoms with van der Waals surface area (Å²) in [6.07, 6.45) is 0. The van der Waals surface area contributed by atoms with Crippen LogP contribution in [0.3, 0.4) is 0 Å². The molecule has 102 valence electrons. The van der Waals surface area contributed by atoms with Crippen LogP contribution < -0.4 is 0 Å². The molecule has 1 aromatic carbocycles. The average molecular weight is 293 g/mol. The van der Waals surface area contributed by atoms with Crippen LogP contribution in [0.2, 0.25) is 5.02 Å². The number of benzene rings is 1. The van der Waals surface area contributed by atoms with Crippen LogP contribution in [0.1, 0.15) is 25.3 Å². The Hall–Kier alpha value is -0.380. The first kappa shape index (κ1) is 15.7. The fourth-order valence-electron chi connectivity index (χ4n) is 1.61. The molecule has 0 aliphatic carbocycles. The molecule has 0 saturated carbocycles. The highest BCUT2D eigenvalue weighted by Gasteiger charge is 2.37.